The van der Waals surface area contributed by atoms with Gasteiger partial charge in [-0.3, -0.25) is 4.79 Å². The molecule has 0 bridgehead atoms. The Labute approximate surface area is 188 Å². The van der Waals surface area contributed by atoms with Gasteiger partial charge in [-0.2, -0.15) is 0 Å². The van der Waals surface area contributed by atoms with Gasteiger partial charge in [0.25, 0.3) is 0 Å². The zero-order valence-corrected chi connectivity index (χ0v) is 19.7. The molecule has 2 aromatic rings. The number of unbranched alkanes of at least 4 members (excludes halogenated alkanes) is 9. The molecule has 2 rings (SSSR count). The maximum atomic E-state index is 11.3. The minimum atomic E-state index is 0.108. The molecule has 0 spiro atoms. The second kappa shape index (κ2) is 15.1. The average Bonchev–Trinajstić information content (AvgIpc) is 2.77. The first kappa shape index (κ1) is 24.5. The van der Waals surface area contributed by atoms with Crippen molar-refractivity contribution in [3.63, 3.8) is 0 Å². The summed E-state index contributed by atoms with van der Waals surface area (Å²) >= 11 is 1.97. The van der Waals surface area contributed by atoms with Gasteiger partial charge in [0.2, 0.25) is 0 Å². The van der Waals surface area contributed by atoms with Crippen molar-refractivity contribution in [1.29, 1.82) is 0 Å². The van der Waals surface area contributed by atoms with Crippen molar-refractivity contribution in [2.75, 3.05) is 5.75 Å². The molecule has 0 aliphatic heterocycles. The number of rotatable bonds is 15. The van der Waals surface area contributed by atoms with Crippen LogP contribution < -0.4 is 0 Å². The summed E-state index contributed by atoms with van der Waals surface area (Å²) in [7, 11) is 0. The predicted molar refractivity (Wildman–Crippen MR) is 134 cm³/mol. The minimum Gasteiger partial charge on any atom is -0.295 e. The van der Waals surface area contributed by atoms with Crippen molar-refractivity contribution >= 4 is 29.7 Å². The topological polar surface area (TPSA) is 17.1 Å². The zero-order valence-electron chi connectivity index (χ0n) is 18.9. The fraction of sp³-hybridized carbons (Fsp3) is 0.464. The quantitative estimate of drug-likeness (QED) is 0.123. The molecule has 0 unspecified atom stereocenters. The van der Waals surface area contributed by atoms with E-state index in [1.807, 2.05) is 36.0 Å². The normalized spacial score (nSPS) is 11.3. The van der Waals surface area contributed by atoms with E-state index >= 15 is 0 Å². The smallest absolute Gasteiger partial charge is 0.159 e. The highest BCUT2D eigenvalue weighted by atomic mass is 32.2. The van der Waals surface area contributed by atoms with Crippen LogP contribution in [0.25, 0.3) is 12.2 Å². The Morgan fingerprint density at radius 2 is 1.17 bits per heavy atom. The Morgan fingerprint density at radius 1 is 0.700 bits per heavy atom. The maximum Gasteiger partial charge on any atom is 0.159 e. The molecule has 0 atom stereocenters. The third kappa shape index (κ3) is 10.3. The van der Waals surface area contributed by atoms with Crippen molar-refractivity contribution in [3.8, 4) is 0 Å². The van der Waals surface area contributed by atoms with Gasteiger partial charge >= 0.3 is 0 Å². The van der Waals surface area contributed by atoms with Crippen LogP contribution in [0, 0.1) is 0 Å². The number of carbonyl (C=O) groups is 1. The summed E-state index contributed by atoms with van der Waals surface area (Å²) in [5.41, 5.74) is 3.07. The van der Waals surface area contributed by atoms with Gasteiger partial charge in [-0.25, -0.2) is 0 Å². The van der Waals surface area contributed by atoms with Crippen LogP contribution in [0.15, 0.2) is 53.4 Å². The van der Waals surface area contributed by atoms with E-state index < -0.39 is 0 Å². The van der Waals surface area contributed by atoms with Crippen LogP contribution in [-0.2, 0) is 0 Å². The number of Topliss-reactive ketones (excluding diaryl/α,β-unsaturated/α-hetero) is 1. The van der Waals surface area contributed by atoms with Crippen LogP contribution >= 0.6 is 11.8 Å². The fourth-order valence-electron chi connectivity index (χ4n) is 3.48. The molecular formula is C28H38OS. The maximum absolute atomic E-state index is 11.3. The van der Waals surface area contributed by atoms with Gasteiger partial charge in [0.15, 0.2) is 5.78 Å². The summed E-state index contributed by atoms with van der Waals surface area (Å²) in [4.78, 5) is 12.7. The Hall–Kier alpha value is -1.80. The van der Waals surface area contributed by atoms with E-state index in [2.05, 4.69) is 43.3 Å². The van der Waals surface area contributed by atoms with Crippen LogP contribution in [0.3, 0.4) is 0 Å². The highest BCUT2D eigenvalue weighted by molar-refractivity contribution is 7.99. The van der Waals surface area contributed by atoms with E-state index in [0.717, 1.165) is 11.1 Å². The molecular weight excluding hydrogens is 384 g/mol. The third-order valence-electron chi connectivity index (χ3n) is 5.43. The van der Waals surface area contributed by atoms with Gasteiger partial charge in [-0.1, -0.05) is 113 Å². The SMILES string of the molecule is CCCCCCCCCCCCSc1ccc(/C=C/c2ccc(C(C)=O)cc2)cc1. The highest BCUT2D eigenvalue weighted by Crippen LogP contribution is 2.21. The Bertz CT molecular complexity index is 743. The van der Waals surface area contributed by atoms with E-state index in [9.17, 15) is 4.79 Å². The van der Waals surface area contributed by atoms with Crippen LogP contribution in [0.2, 0.25) is 0 Å². The van der Waals surface area contributed by atoms with Gasteiger partial charge in [0.1, 0.15) is 0 Å². The lowest BCUT2D eigenvalue weighted by Gasteiger charge is -2.04. The van der Waals surface area contributed by atoms with Gasteiger partial charge in [-0.05, 0) is 42.4 Å². The fourth-order valence-corrected chi connectivity index (χ4v) is 4.39. The van der Waals surface area contributed by atoms with E-state index in [1.54, 1.807) is 6.92 Å². The Balaban J connectivity index is 1.59. The van der Waals surface area contributed by atoms with Crippen LogP contribution in [0.1, 0.15) is 99.5 Å². The summed E-state index contributed by atoms with van der Waals surface area (Å²) in [6.07, 6.45) is 18.2. The lowest BCUT2D eigenvalue weighted by molar-refractivity contribution is 0.101. The van der Waals surface area contributed by atoms with Crippen molar-refractivity contribution in [2.45, 2.75) is 83.0 Å². The largest absolute Gasteiger partial charge is 0.295 e. The summed E-state index contributed by atoms with van der Waals surface area (Å²) in [6.45, 7) is 3.88. The molecule has 1 nitrogen and oxygen atoms in total. The number of hydrogen-bond acceptors (Lipinski definition) is 2. The Kier molecular flexibility index (Phi) is 12.3. The van der Waals surface area contributed by atoms with E-state index in [4.69, 9.17) is 0 Å². The number of hydrogen-bond donors (Lipinski definition) is 0. The summed E-state index contributed by atoms with van der Waals surface area (Å²) in [5, 5.41) is 0. The molecule has 0 fully saturated rings. The summed E-state index contributed by atoms with van der Waals surface area (Å²) in [6, 6.07) is 16.6. The molecule has 0 aliphatic rings. The zero-order chi connectivity index (χ0) is 21.4. The van der Waals surface area contributed by atoms with Crippen LogP contribution in [-0.4, -0.2) is 11.5 Å². The van der Waals surface area contributed by atoms with Gasteiger partial charge in [0.05, 0.1) is 0 Å². The van der Waals surface area contributed by atoms with Crippen molar-refractivity contribution < 1.29 is 4.79 Å². The monoisotopic (exact) mass is 422 g/mol. The minimum absolute atomic E-state index is 0.108. The summed E-state index contributed by atoms with van der Waals surface area (Å²) < 4.78 is 0. The van der Waals surface area contributed by atoms with E-state index in [-0.39, 0.29) is 5.78 Å². The van der Waals surface area contributed by atoms with Crippen LogP contribution in [0.4, 0.5) is 0 Å². The lowest BCUT2D eigenvalue weighted by atomic mass is 10.1. The van der Waals surface area contributed by atoms with Gasteiger partial charge in [-0.15, -0.1) is 11.8 Å². The van der Waals surface area contributed by atoms with Crippen LogP contribution in [0.5, 0.6) is 0 Å². The highest BCUT2D eigenvalue weighted by Gasteiger charge is 1.98. The number of ketones is 1. The molecule has 0 aliphatic carbocycles. The number of thioether (sulfide) groups is 1. The molecule has 30 heavy (non-hydrogen) atoms. The Morgan fingerprint density at radius 3 is 1.67 bits per heavy atom. The van der Waals surface area contributed by atoms with Crippen molar-refractivity contribution in [3.05, 3.63) is 65.2 Å². The first-order chi connectivity index (χ1) is 14.7. The molecule has 0 amide bonds. The van der Waals surface area contributed by atoms with Crippen molar-refractivity contribution in [2.24, 2.45) is 0 Å². The standard InChI is InChI=1S/C28H38OS/c1-3-4-5-6-7-8-9-10-11-12-23-30-28-21-17-26(18-22-28)14-13-25-15-19-27(20-16-25)24(2)29/h13-22H,3-12,23H2,1-2H3/b14-13+. The molecule has 0 saturated carbocycles. The summed E-state index contributed by atoms with van der Waals surface area (Å²) in [5.74, 6) is 1.32. The van der Waals surface area contributed by atoms with Crippen molar-refractivity contribution in [1.82, 2.24) is 0 Å². The van der Waals surface area contributed by atoms with Gasteiger partial charge < -0.3 is 0 Å². The second-order valence-corrected chi connectivity index (χ2v) is 9.28. The molecule has 0 saturated heterocycles. The average molecular weight is 423 g/mol. The first-order valence-corrected chi connectivity index (χ1v) is 12.7. The molecule has 0 N–H and O–H groups in total. The predicted octanol–water partition coefficient (Wildman–Crippen LogP) is 9.07. The molecule has 0 radical (unpaired) electrons. The lowest BCUT2D eigenvalue weighted by Crippen LogP contribution is -1.90. The molecule has 0 aromatic heterocycles. The molecule has 0 heterocycles. The molecule has 162 valence electrons. The first-order valence-electron chi connectivity index (χ1n) is 11.7. The molecule has 2 heteroatoms. The number of carbonyl (C=O) groups excluding carboxylic acids is 1. The van der Waals surface area contributed by atoms with Gasteiger partial charge in [0, 0.05) is 10.5 Å². The second-order valence-electron chi connectivity index (χ2n) is 8.11. The third-order valence-corrected chi connectivity index (χ3v) is 6.53. The van der Waals surface area contributed by atoms with E-state index in [1.165, 1.54) is 80.4 Å². The number of benzene rings is 2. The molecule has 2 aromatic carbocycles. The van der Waals surface area contributed by atoms with E-state index in [0.29, 0.717) is 0 Å².